The summed E-state index contributed by atoms with van der Waals surface area (Å²) in [5.41, 5.74) is 6.67. The summed E-state index contributed by atoms with van der Waals surface area (Å²) in [6.45, 7) is 4.22. The van der Waals surface area contributed by atoms with Crippen molar-refractivity contribution in [1.29, 1.82) is 0 Å². The minimum Gasteiger partial charge on any atom is -0.483 e. The van der Waals surface area contributed by atoms with E-state index in [1.165, 1.54) is 13.4 Å². The first-order valence-corrected chi connectivity index (χ1v) is 6.52. The molecule has 0 aliphatic heterocycles. The normalized spacial score (nSPS) is 10.7. The van der Waals surface area contributed by atoms with Crippen LogP contribution in [0.15, 0.2) is 24.5 Å². The van der Waals surface area contributed by atoms with Crippen molar-refractivity contribution >= 4 is 11.7 Å². The molecule has 1 heterocycles. The molecular formula is C14H18N4O3. The number of nitrogens with zero attached hydrogens (tertiary/aromatic N) is 3. The van der Waals surface area contributed by atoms with Crippen LogP contribution in [0.3, 0.4) is 0 Å². The molecule has 0 aliphatic carbocycles. The summed E-state index contributed by atoms with van der Waals surface area (Å²) < 4.78 is 12.1. The zero-order valence-corrected chi connectivity index (χ0v) is 12.2. The summed E-state index contributed by atoms with van der Waals surface area (Å²) in [5, 5.41) is 4.13. The second-order valence-electron chi connectivity index (χ2n) is 4.75. The zero-order valence-electron chi connectivity index (χ0n) is 12.2. The fraction of sp³-hybridized carbons (Fsp3) is 0.357. The van der Waals surface area contributed by atoms with Crippen molar-refractivity contribution in [3.05, 3.63) is 35.9 Å². The van der Waals surface area contributed by atoms with Crippen molar-refractivity contribution in [2.24, 2.45) is 0 Å². The van der Waals surface area contributed by atoms with E-state index in [0.717, 1.165) is 0 Å². The molecule has 0 radical (unpaired) electrons. The number of benzene rings is 1. The number of esters is 1. The quantitative estimate of drug-likeness (QED) is 0.667. The third kappa shape index (κ3) is 3.31. The summed E-state index contributed by atoms with van der Waals surface area (Å²) in [4.78, 5) is 15.7. The Balaban J connectivity index is 2.16. The minimum atomic E-state index is -0.440. The average molecular weight is 290 g/mol. The van der Waals surface area contributed by atoms with Crippen LogP contribution in [0.1, 0.15) is 36.1 Å². The highest BCUT2D eigenvalue weighted by molar-refractivity contribution is 5.90. The molecule has 2 rings (SSSR count). The number of hydrogen-bond acceptors (Lipinski definition) is 6. The van der Waals surface area contributed by atoms with Crippen molar-refractivity contribution < 1.29 is 14.3 Å². The lowest BCUT2D eigenvalue weighted by molar-refractivity contribution is 0.0600. The van der Waals surface area contributed by atoms with Gasteiger partial charge in [-0.1, -0.05) is 0 Å². The first-order chi connectivity index (χ1) is 10.0. The van der Waals surface area contributed by atoms with Crippen molar-refractivity contribution in [3.63, 3.8) is 0 Å². The van der Waals surface area contributed by atoms with E-state index in [1.54, 1.807) is 22.9 Å². The van der Waals surface area contributed by atoms with E-state index in [0.29, 0.717) is 22.8 Å². The fourth-order valence-corrected chi connectivity index (χ4v) is 1.86. The number of anilines is 1. The average Bonchev–Trinajstić information content (AvgIpc) is 2.94. The molecule has 0 bridgehead atoms. The first kappa shape index (κ1) is 14.8. The Bertz CT molecular complexity index is 637. The molecule has 0 unspecified atom stereocenters. The van der Waals surface area contributed by atoms with Gasteiger partial charge in [0.25, 0.3) is 0 Å². The predicted octanol–water partition coefficient (Wildman–Crippen LogP) is 1.81. The molecule has 2 N–H and O–H groups in total. The van der Waals surface area contributed by atoms with E-state index in [1.807, 2.05) is 13.8 Å². The summed E-state index contributed by atoms with van der Waals surface area (Å²) in [6, 6.07) is 4.93. The van der Waals surface area contributed by atoms with Crippen molar-refractivity contribution in [3.8, 4) is 5.75 Å². The van der Waals surface area contributed by atoms with Crippen molar-refractivity contribution in [2.45, 2.75) is 26.5 Å². The third-order valence-corrected chi connectivity index (χ3v) is 2.93. The molecule has 0 atom stereocenters. The molecule has 1 aromatic heterocycles. The van der Waals surface area contributed by atoms with Gasteiger partial charge in [0, 0.05) is 6.04 Å². The molecule has 0 saturated heterocycles. The Labute approximate surface area is 122 Å². The molecule has 0 saturated carbocycles. The number of carbonyl (C=O) groups is 1. The van der Waals surface area contributed by atoms with E-state index in [2.05, 4.69) is 14.8 Å². The number of ether oxygens (including phenoxy) is 2. The maximum absolute atomic E-state index is 11.5. The van der Waals surface area contributed by atoms with Gasteiger partial charge in [-0.2, -0.15) is 5.10 Å². The lowest BCUT2D eigenvalue weighted by Gasteiger charge is -2.12. The first-order valence-electron chi connectivity index (χ1n) is 6.52. The number of nitrogens with two attached hydrogens (primary N) is 1. The van der Waals surface area contributed by atoms with Gasteiger partial charge in [-0.3, -0.25) is 0 Å². The SMILES string of the molecule is COC(=O)c1ccc(N)c(OCc2ncnn2C(C)C)c1. The number of carbonyl (C=O) groups excluding carboxylic acids is 1. The number of aromatic nitrogens is 3. The molecule has 0 amide bonds. The topological polar surface area (TPSA) is 92.3 Å². The maximum atomic E-state index is 11.5. The van der Waals surface area contributed by atoms with Gasteiger partial charge in [0.2, 0.25) is 0 Å². The van der Waals surface area contributed by atoms with Crippen LogP contribution < -0.4 is 10.5 Å². The number of rotatable bonds is 5. The van der Waals surface area contributed by atoms with E-state index in [-0.39, 0.29) is 12.6 Å². The second-order valence-corrected chi connectivity index (χ2v) is 4.75. The highest BCUT2D eigenvalue weighted by atomic mass is 16.5. The highest BCUT2D eigenvalue weighted by Gasteiger charge is 2.12. The Morgan fingerprint density at radius 1 is 1.43 bits per heavy atom. The van der Waals surface area contributed by atoms with Crippen LogP contribution in [0.4, 0.5) is 5.69 Å². The van der Waals surface area contributed by atoms with Gasteiger partial charge < -0.3 is 15.2 Å². The molecule has 112 valence electrons. The standard InChI is InChI=1S/C14H18N4O3/c1-9(2)18-13(16-8-17-18)7-21-12-6-10(14(19)20-3)4-5-11(12)15/h4-6,8-9H,7,15H2,1-3H3. The van der Waals surface area contributed by atoms with Gasteiger partial charge in [-0.05, 0) is 32.0 Å². The van der Waals surface area contributed by atoms with Gasteiger partial charge in [-0.15, -0.1) is 0 Å². The zero-order chi connectivity index (χ0) is 15.4. The van der Waals surface area contributed by atoms with Crippen LogP contribution in [0.25, 0.3) is 0 Å². The Hall–Kier alpha value is -2.57. The number of methoxy groups -OCH3 is 1. The van der Waals surface area contributed by atoms with E-state index < -0.39 is 5.97 Å². The Kier molecular flexibility index (Phi) is 4.42. The largest absolute Gasteiger partial charge is 0.483 e. The smallest absolute Gasteiger partial charge is 0.337 e. The molecule has 0 aliphatic rings. The molecule has 0 fully saturated rings. The number of hydrogen-bond donors (Lipinski definition) is 1. The van der Waals surface area contributed by atoms with Gasteiger partial charge in [0.1, 0.15) is 18.7 Å². The van der Waals surface area contributed by atoms with E-state index in [9.17, 15) is 4.79 Å². The maximum Gasteiger partial charge on any atom is 0.337 e. The van der Waals surface area contributed by atoms with Gasteiger partial charge in [0.05, 0.1) is 18.4 Å². The molecule has 7 heteroatoms. The van der Waals surface area contributed by atoms with Crippen LogP contribution in [0.5, 0.6) is 5.75 Å². The Morgan fingerprint density at radius 3 is 2.86 bits per heavy atom. The van der Waals surface area contributed by atoms with Crippen LogP contribution >= 0.6 is 0 Å². The molecular weight excluding hydrogens is 272 g/mol. The molecule has 7 nitrogen and oxygen atoms in total. The fourth-order valence-electron chi connectivity index (χ4n) is 1.86. The summed E-state index contributed by atoms with van der Waals surface area (Å²) >= 11 is 0. The van der Waals surface area contributed by atoms with Crippen molar-refractivity contribution in [2.75, 3.05) is 12.8 Å². The Morgan fingerprint density at radius 2 is 2.19 bits per heavy atom. The van der Waals surface area contributed by atoms with Crippen LogP contribution in [0, 0.1) is 0 Å². The number of nitrogen functional groups attached to an aromatic ring is 1. The lowest BCUT2D eigenvalue weighted by atomic mass is 10.2. The highest BCUT2D eigenvalue weighted by Crippen LogP contribution is 2.24. The van der Waals surface area contributed by atoms with Gasteiger partial charge in [-0.25, -0.2) is 14.5 Å². The summed E-state index contributed by atoms with van der Waals surface area (Å²) in [6.07, 6.45) is 1.48. The van der Waals surface area contributed by atoms with Gasteiger partial charge >= 0.3 is 5.97 Å². The third-order valence-electron chi connectivity index (χ3n) is 2.93. The predicted molar refractivity (Wildman–Crippen MR) is 76.9 cm³/mol. The van der Waals surface area contributed by atoms with E-state index in [4.69, 9.17) is 10.5 Å². The summed E-state index contributed by atoms with van der Waals surface area (Å²) in [5.74, 6) is 0.661. The summed E-state index contributed by atoms with van der Waals surface area (Å²) in [7, 11) is 1.32. The minimum absolute atomic E-state index is 0.185. The van der Waals surface area contributed by atoms with Crippen LogP contribution in [-0.2, 0) is 11.3 Å². The van der Waals surface area contributed by atoms with Crippen molar-refractivity contribution in [1.82, 2.24) is 14.8 Å². The lowest BCUT2D eigenvalue weighted by Crippen LogP contribution is -2.11. The molecule has 0 spiro atoms. The monoisotopic (exact) mass is 290 g/mol. The van der Waals surface area contributed by atoms with Gasteiger partial charge in [0.15, 0.2) is 5.82 Å². The van der Waals surface area contributed by atoms with Crippen LogP contribution in [0.2, 0.25) is 0 Å². The van der Waals surface area contributed by atoms with Crippen LogP contribution in [-0.4, -0.2) is 27.8 Å². The molecule has 1 aromatic carbocycles. The second kappa shape index (κ2) is 6.25. The molecule has 21 heavy (non-hydrogen) atoms. The molecule has 2 aromatic rings. The van der Waals surface area contributed by atoms with E-state index >= 15 is 0 Å².